The first-order chi connectivity index (χ1) is 9.93. The first-order valence-corrected chi connectivity index (χ1v) is 6.71. The van der Waals surface area contributed by atoms with Crippen molar-refractivity contribution in [3.8, 4) is 0 Å². The summed E-state index contributed by atoms with van der Waals surface area (Å²) in [6.45, 7) is 1.74. The van der Waals surface area contributed by atoms with Gasteiger partial charge in [0.25, 0.3) is 5.91 Å². The number of hydrogen-bond acceptors (Lipinski definition) is 4. The molecule has 6 heteroatoms. The first kappa shape index (κ1) is 13.9. The molecule has 1 atom stereocenters. The second-order valence-corrected chi connectivity index (χ2v) is 5.39. The molecule has 2 N–H and O–H groups in total. The molecule has 1 aromatic carbocycles. The number of aliphatic hydroxyl groups is 1. The third kappa shape index (κ3) is 2.05. The molecule has 1 aromatic heterocycles. The van der Waals surface area contributed by atoms with Gasteiger partial charge >= 0.3 is 0 Å². The number of nitrogens with one attached hydrogen (secondary N) is 1. The fraction of sp³-hybridized carbons (Fsp3) is 0.200. The summed E-state index contributed by atoms with van der Waals surface area (Å²) < 4.78 is 5.00. The van der Waals surface area contributed by atoms with Crippen LogP contribution in [0.3, 0.4) is 0 Å². The van der Waals surface area contributed by atoms with E-state index in [1.165, 1.54) is 12.3 Å². The van der Waals surface area contributed by atoms with Crippen molar-refractivity contribution in [2.45, 2.75) is 18.9 Å². The Morgan fingerprint density at radius 2 is 2.19 bits per heavy atom. The molecule has 0 unspecified atom stereocenters. The lowest BCUT2D eigenvalue weighted by atomic mass is 9.88. The molecular weight excluding hydrogens is 294 g/mol. The largest absolute Gasteiger partial charge is 0.461 e. The number of furan rings is 1. The molecule has 1 amide bonds. The lowest BCUT2D eigenvalue weighted by molar-refractivity contribution is -0.133. The molecule has 2 heterocycles. The van der Waals surface area contributed by atoms with Crippen LogP contribution in [0.4, 0.5) is 5.69 Å². The molecule has 2 aromatic rings. The van der Waals surface area contributed by atoms with Gasteiger partial charge in [-0.3, -0.25) is 9.59 Å². The molecule has 3 rings (SSSR count). The molecule has 0 fully saturated rings. The molecular formula is C15H12ClNO4. The Labute approximate surface area is 125 Å². The predicted molar refractivity (Wildman–Crippen MR) is 76.4 cm³/mol. The standard InChI is InChI=1S/C15H12ClNO4/c1-8-10(16)5-4-9-13(8)17-14(19)15(9,20)7-11(18)12-3-2-6-21-12/h2-6,20H,7H2,1H3,(H,17,19)/t15-/m1/s1. The van der Waals surface area contributed by atoms with E-state index in [0.717, 1.165) is 0 Å². The average Bonchev–Trinajstić information content (AvgIpc) is 3.04. The van der Waals surface area contributed by atoms with Gasteiger partial charge in [0, 0.05) is 10.6 Å². The van der Waals surface area contributed by atoms with E-state index in [-0.39, 0.29) is 12.2 Å². The van der Waals surface area contributed by atoms with Crippen molar-refractivity contribution in [1.29, 1.82) is 0 Å². The maximum Gasteiger partial charge on any atom is 0.261 e. The summed E-state index contributed by atoms with van der Waals surface area (Å²) in [6, 6.07) is 6.22. The quantitative estimate of drug-likeness (QED) is 0.854. The first-order valence-electron chi connectivity index (χ1n) is 6.33. The molecule has 0 bridgehead atoms. The molecule has 0 spiro atoms. The number of ketones is 1. The minimum Gasteiger partial charge on any atom is -0.461 e. The summed E-state index contributed by atoms with van der Waals surface area (Å²) >= 11 is 6.01. The van der Waals surface area contributed by atoms with E-state index in [9.17, 15) is 14.7 Å². The number of rotatable bonds is 3. The zero-order chi connectivity index (χ0) is 15.2. The fourth-order valence-electron chi connectivity index (χ4n) is 2.46. The number of hydrogen-bond donors (Lipinski definition) is 2. The third-order valence-electron chi connectivity index (χ3n) is 3.67. The number of halogens is 1. The molecule has 21 heavy (non-hydrogen) atoms. The molecule has 5 nitrogen and oxygen atoms in total. The van der Waals surface area contributed by atoms with Crippen LogP contribution in [-0.4, -0.2) is 16.8 Å². The van der Waals surface area contributed by atoms with E-state index in [2.05, 4.69) is 5.32 Å². The topological polar surface area (TPSA) is 79.5 Å². The van der Waals surface area contributed by atoms with E-state index < -0.39 is 17.3 Å². The smallest absolute Gasteiger partial charge is 0.261 e. The molecule has 1 aliphatic rings. The van der Waals surface area contributed by atoms with Crippen molar-refractivity contribution < 1.29 is 19.1 Å². The van der Waals surface area contributed by atoms with Gasteiger partial charge in [0.15, 0.2) is 11.4 Å². The maximum absolute atomic E-state index is 12.1. The van der Waals surface area contributed by atoms with Crippen molar-refractivity contribution in [1.82, 2.24) is 0 Å². The predicted octanol–water partition coefficient (Wildman–Crippen LogP) is 2.65. The Morgan fingerprint density at radius 1 is 1.43 bits per heavy atom. The third-order valence-corrected chi connectivity index (χ3v) is 4.08. The molecule has 0 aliphatic carbocycles. The average molecular weight is 306 g/mol. The minimum atomic E-state index is -1.91. The lowest BCUT2D eigenvalue weighted by Crippen LogP contribution is -2.36. The Kier molecular flexibility index (Phi) is 3.11. The van der Waals surface area contributed by atoms with Gasteiger partial charge in [-0.1, -0.05) is 17.7 Å². The highest BCUT2D eigenvalue weighted by atomic mass is 35.5. The van der Waals surface area contributed by atoms with Crippen molar-refractivity contribution in [3.05, 3.63) is 52.4 Å². The normalized spacial score (nSPS) is 20.2. The van der Waals surface area contributed by atoms with Crippen LogP contribution in [0.25, 0.3) is 0 Å². The summed E-state index contributed by atoms with van der Waals surface area (Å²) in [5.74, 6) is -0.976. The molecule has 0 saturated carbocycles. The van der Waals surface area contributed by atoms with E-state index in [4.69, 9.17) is 16.0 Å². The highest BCUT2D eigenvalue weighted by molar-refractivity contribution is 6.32. The molecule has 0 saturated heterocycles. The highest BCUT2D eigenvalue weighted by Crippen LogP contribution is 2.42. The van der Waals surface area contributed by atoms with Gasteiger partial charge in [-0.2, -0.15) is 0 Å². The molecule has 108 valence electrons. The van der Waals surface area contributed by atoms with Gasteiger partial charge in [-0.25, -0.2) is 0 Å². The van der Waals surface area contributed by atoms with Gasteiger partial charge in [0.2, 0.25) is 5.78 Å². The van der Waals surface area contributed by atoms with Crippen LogP contribution in [0, 0.1) is 6.92 Å². The van der Waals surface area contributed by atoms with Gasteiger partial charge in [-0.15, -0.1) is 0 Å². The van der Waals surface area contributed by atoms with E-state index in [1.807, 2.05) is 0 Å². The molecule has 1 aliphatic heterocycles. The summed E-state index contributed by atoms with van der Waals surface area (Å²) in [4.78, 5) is 24.2. The van der Waals surface area contributed by atoms with Gasteiger partial charge in [0.1, 0.15) is 0 Å². The summed E-state index contributed by atoms with van der Waals surface area (Å²) in [6.07, 6.45) is 0.976. The number of anilines is 1. The Morgan fingerprint density at radius 3 is 2.86 bits per heavy atom. The Balaban J connectivity index is 2.01. The number of benzene rings is 1. The van der Waals surface area contributed by atoms with E-state index in [0.29, 0.717) is 21.8 Å². The highest BCUT2D eigenvalue weighted by Gasteiger charge is 2.47. The number of fused-ring (bicyclic) bond motifs is 1. The molecule has 0 radical (unpaired) electrons. The van der Waals surface area contributed by atoms with Crippen molar-refractivity contribution in [3.63, 3.8) is 0 Å². The zero-order valence-corrected chi connectivity index (χ0v) is 11.9. The van der Waals surface area contributed by atoms with Crippen LogP contribution in [-0.2, 0) is 10.4 Å². The second-order valence-electron chi connectivity index (χ2n) is 4.99. The number of carbonyl (C=O) groups is 2. The van der Waals surface area contributed by atoms with Crippen molar-refractivity contribution >= 4 is 29.0 Å². The van der Waals surface area contributed by atoms with Gasteiger partial charge < -0.3 is 14.8 Å². The van der Waals surface area contributed by atoms with Crippen molar-refractivity contribution in [2.75, 3.05) is 5.32 Å². The van der Waals surface area contributed by atoms with Crippen LogP contribution in [0.1, 0.15) is 28.1 Å². The van der Waals surface area contributed by atoms with Crippen molar-refractivity contribution in [2.24, 2.45) is 0 Å². The Bertz CT molecular complexity index is 738. The summed E-state index contributed by atoms with van der Waals surface area (Å²) in [5, 5.41) is 13.8. The minimum absolute atomic E-state index is 0.107. The second kappa shape index (κ2) is 4.72. The van der Waals surface area contributed by atoms with Crippen LogP contribution in [0.5, 0.6) is 0 Å². The zero-order valence-electron chi connectivity index (χ0n) is 11.1. The SMILES string of the molecule is Cc1c(Cl)ccc2c1NC(=O)[C@@]2(O)CC(=O)c1ccco1. The monoisotopic (exact) mass is 305 g/mol. The fourth-order valence-corrected chi connectivity index (χ4v) is 2.62. The van der Waals surface area contributed by atoms with Gasteiger partial charge in [0.05, 0.1) is 18.4 Å². The maximum atomic E-state index is 12.1. The van der Waals surface area contributed by atoms with Crippen LogP contribution in [0.2, 0.25) is 5.02 Å². The number of Topliss-reactive ketones (excluding diaryl/α,β-unsaturated/α-hetero) is 1. The van der Waals surface area contributed by atoms with Gasteiger partial charge in [-0.05, 0) is 30.7 Å². The Hall–Kier alpha value is -2.11. The number of amides is 1. The van der Waals surface area contributed by atoms with Crippen LogP contribution >= 0.6 is 11.6 Å². The number of carbonyl (C=O) groups excluding carboxylic acids is 2. The summed E-state index contributed by atoms with van der Waals surface area (Å²) in [5.41, 5.74) is -0.436. The van der Waals surface area contributed by atoms with E-state index in [1.54, 1.807) is 25.1 Å². The van der Waals surface area contributed by atoms with E-state index >= 15 is 0 Å². The lowest BCUT2D eigenvalue weighted by Gasteiger charge is -2.19. The van der Waals surface area contributed by atoms with Crippen LogP contribution in [0.15, 0.2) is 34.9 Å². The van der Waals surface area contributed by atoms with Crippen LogP contribution < -0.4 is 5.32 Å². The summed E-state index contributed by atoms with van der Waals surface area (Å²) in [7, 11) is 0.